The number of hydrogen-bond donors (Lipinski definition) is 2. The number of ether oxygens (including phenoxy) is 1. The molecule has 5 nitrogen and oxygen atoms in total. The van der Waals surface area contributed by atoms with Gasteiger partial charge in [-0.25, -0.2) is 9.97 Å². The van der Waals surface area contributed by atoms with Gasteiger partial charge >= 0.3 is 0 Å². The Morgan fingerprint density at radius 3 is 2.67 bits per heavy atom. The second kappa shape index (κ2) is 8.46. The molecule has 0 bridgehead atoms. The summed E-state index contributed by atoms with van der Waals surface area (Å²) in [4.78, 5) is 9.03. The minimum atomic E-state index is -0.0611. The predicted octanol–water partition coefficient (Wildman–Crippen LogP) is 4.81. The molecule has 1 unspecified atom stereocenters. The van der Waals surface area contributed by atoms with Crippen molar-refractivity contribution >= 4 is 10.9 Å². The molecule has 3 aromatic rings. The van der Waals surface area contributed by atoms with E-state index in [1.165, 1.54) is 19.3 Å². The predicted molar refractivity (Wildman–Crippen MR) is 105 cm³/mol. The van der Waals surface area contributed by atoms with E-state index in [1.807, 2.05) is 42.5 Å². The van der Waals surface area contributed by atoms with Crippen LogP contribution >= 0.6 is 0 Å². The van der Waals surface area contributed by atoms with Gasteiger partial charge < -0.3 is 9.94 Å². The Morgan fingerprint density at radius 1 is 1.04 bits per heavy atom. The van der Waals surface area contributed by atoms with E-state index in [2.05, 4.69) is 21.5 Å². The lowest BCUT2D eigenvalue weighted by molar-refractivity contribution is 0.0839. The van der Waals surface area contributed by atoms with Crippen LogP contribution in [0.2, 0.25) is 0 Å². The maximum atomic E-state index is 9.62. The maximum absolute atomic E-state index is 9.62. The molecular weight excluding hydrogens is 338 g/mol. The minimum Gasteiger partial charge on any atom is -0.471 e. The molecule has 1 aliphatic rings. The Labute approximate surface area is 159 Å². The third-order valence-electron chi connectivity index (χ3n) is 5.40. The molecule has 1 fully saturated rings. The van der Waals surface area contributed by atoms with Gasteiger partial charge in [-0.05, 0) is 36.5 Å². The number of aromatic nitrogens is 2. The number of para-hydroxylation sites is 1. The summed E-state index contributed by atoms with van der Waals surface area (Å²) in [6, 6.07) is 15.9. The van der Waals surface area contributed by atoms with Crippen LogP contribution in [0, 0.1) is 5.92 Å². The molecule has 140 valence electrons. The Kier molecular flexibility index (Phi) is 5.61. The third kappa shape index (κ3) is 4.26. The van der Waals surface area contributed by atoms with Gasteiger partial charge in [0, 0.05) is 17.6 Å². The lowest BCUT2D eigenvalue weighted by atomic mass is 9.82. The van der Waals surface area contributed by atoms with Crippen molar-refractivity contribution in [2.24, 2.45) is 5.92 Å². The highest BCUT2D eigenvalue weighted by atomic mass is 16.5. The first-order valence-corrected chi connectivity index (χ1v) is 9.66. The summed E-state index contributed by atoms with van der Waals surface area (Å²) >= 11 is 0. The highest BCUT2D eigenvalue weighted by molar-refractivity contribution is 5.78. The van der Waals surface area contributed by atoms with Gasteiger partial charge in [-0.3, -0.25) is 0 Å². The van der Waals surface area contributed by atoms with E-state index in [1.54, 1.807) is 6.20 Å². The van der Waals surface area contributed by atoms with Gasteiger partial charge in [-0.2, -0.15) is 5.48 Å². The van der Waals surface area contributed by atoms with Crippen LogP contribution in [-0.4, -0.2) is 15.2 Å². The number of hydrogen-bond acceptors (Lipinski definition) is 5. The van der Waals surface area contributed by atoms with E-state index in [9.17, 15) is 5.21 Å². The average molecular weight is 363 g/mol. The number of pyridine rings is 2. The van der Waals surface area contributed by atoms with Crippen LogP contribution in [0.1, 0.15) is 49.4 Å². The molecule has 0 spiro atoms. The lowest BCUT2D eigenvalue weighted by Crippen LogP contribution is -2.27. The molecule has 0 amide bonds. The Morgan fingerprint density at radius 2 is 1.89 bits per heavy atom. The van der Waals surface area contributed by atoms with Crippen molar-refractivity contribution in [3.05, 3.63) is 66.0 Å². The summed E-state index contributed by atoms with van der Waals surface area (Å²) < 4.78 is 5.80. The highest BCUT2D eigenvalue weighted by Gasteiger charge is 2.24. The zero-order valence-corrected chi connectivity index (χ0v) is 15.3. The van der Waals surface area contributed by atoms with E-state index in [0.717, 1.165) is 35.0 Å². The molecule has 2 N–H and O–H groups in total. The molecule has 4 rings (SSSR count). The van der Waals surface area contributed by atoms with Crippen molar-refractivity contribution in [2.45, 2.75) is 44.8 Å². The molecule has 2 aromatic heterocycles. The number of benzene rings is 1. The summed E-state index contributed by atoms with van der Waals surface area (Å²) in [6.45, 7) is 0.376. The van der Waals surface area contributed by atoms with Crippen LogP contribution in [0.15, 0.2) is 54.7 Å². The van der Waals surface area contributed by atoms with Crippen LogP contribution < -0.4 is 10.2 Å². The van der Waals surface area contributed by atoms with Crippen LogP contribution in [0.5, 0.6) is 5.88 Å². The van der Waals surface area contributed by atoms with Crippen LogP contribution in [0.4, 0.5) is 0 Å². The van der Waals surface area contributed by atoms with Gasteiger partial charge in [-0.1, -0.05) is 49.6 Å². The summed E-state index contributed by atoms with van der Waals surface area (Å²) in [7, 11) is 0. The molecule has 1 atom stereocenters. The highest BCUT2D eigenvalue weighted by Crippen LogP contribution is 2.34. The first kappa shape index (κ1) is 17.9. The summed E-state index contributed by atoms with van der Waals surface area (Å²) in [5, 5.41) is 10.7. The number of nitrogens with one attached hydrogen (secondary N) is 1. The van der Waals surface area contributed by atoms with Crippen molar-refractivity contribution in [1.82, 2.24) is 15.4 Å². The zero-order chi connectivity index (χ0) is 18.5. The number of fused-ring (bicyclic) bond motifs is 1. The van der Waals surface area contributed by atoms with Crippen molar-refractivity contribution in [1.29, 1.82) is 0 Å². The van der Waals surface area contributed by atoms with E-state index in [-0.39, 0.29) is 6.04 Å². The first-order chi connectivity index (χ1) is 13.3. The number of hydroxylamine groups is 1. The average Bonchev–Trinajstić information content (AvgIpc) is 2.74. The fourth-order valence-electron chi connectivity index (χ4n) is 3.92. The van der Waals surface area contributed by atoms with Gasteiger partial charge in [0.05, 0.1) is 17.3 Å². The van der Waals surface area contributed by atoms with Crippen LogP contribution in [0.25, 0.3) is 10.9 Å². The standard InChI is InChI=1S/C22H25N3O2/c26-25-22(17-7-2-1-3-8-17)18-11-13-21(23-14-18)27-15-19-12-10-16-6-4-5-9-20(16)24-19/h4-6,9-14,17,22,25-26H,1-3,7-8,15H2. The number of rotatable bonds is 6. The normalized spacial score (nSPS) is 16.3. The van der Waals surface area contributed by atoms with E-state index >= 15 is 0 Å². The van der Waals surface area contributed by atoms with E-state index in [4.69, 9.17) is 4.74 Å². The maximum Gasteiger partial charge on any atom is 0.213 e. The smallest absolute Gasteiger partial charge is 0.213 e. The fraction of sp³-hybridized carbons (Fsp3) is 0.364. The van der Waals surface area contributed by atoms with Crippen LogP contribution in [0.3, 0.4) is 0 Å². The molecule has 1 aromatic carbocycles. The number of nitrogens with zero attached hydrogens (tertiary/aromatic N) is 2. The van der Waals surface area contributed by atoms with Gasteiger partial charge in [0.15, 0.2) is 0 Å². The van der Waals surface area contributed by atoms with E-state index < -0.39 is 0 Å². The summed E-state index contributed by atoms with van der Waals surface area (Å²) in [6.07, 6.45) is 7.84. The molecular formula is C22H25N3O2. The molecule has 0 aliphatic heterocycles. The zero-order valence-electron chi connectivity index (χ0n) is 15.3. The Balaban J connectivity index is 1.40. The van der Waals surface area contributed by atoms with Crippen molar-refractivity contribution < 1.29 is 9.94 Å². The van der Waals surface area contributed by atoms with E-state index in [0.29, 0.717) is 18.4 Å². The third-order valence-corrected chi connectivity index (χ3v) is 5.40. The van der Waals surface area contributed by atoms with Crippen molar-refractivity contribution in [2.75, 3.05) is 0 Å². The monoisotopic (exact) mass is 363 g/mol. The lowest BCUT2D eigenvalue weighted by Gasteiger charge is -2.29. The topological polar surface area (TPSA) is 67.3 Å². The molecule has 1 aliphatic carbocycles. The van der Waals surface area contributed by atoms with Crippen LogP contribution in [-0.2, 0) is 6.61 Å². The Hall–Kier alpha value is -2.50. The second-order valence-corrected chi connectivity index (χ2v) is 7.22. The van der Waals surface area contributed by atoms with Crippen molar-refractivity contribution in [3.8, 4) is 5.88 Å². The summed E-state index contributed by atoms with van der Waals surface area (Å²) in [5.41, 5.74) is 5.33. The fourth-order valence-corrected chi connectivity index (χ4v) is 3.92. The minimum absolute atomic E-state index is 0.0611. The van der Waals surface area contributed by atoms with Gasteiger partial charge in [0.2, 0.25) is 5.88 Å². The molecule has 2 heterocycles. The van der Waals surface area contributed by atoms with Gasteiger partial charge in [0.25, 0.3) is 0 Å². The first-order valence-electron chi connectivity index (χ1n) is 9.66. The molecule has 27 heavy (non-hydrogen) atoms. The quantitative estimate of drug-likeness (QED) is 0.615. The molecule has 1 saturated carbocycles. The Bertz CT molecular complexity index is 876. The second-order valence-electron chi connectivity index (χ2n) is 7.22. The van der Waals surface area contributed by atoms with Gasteiger partial charge in [-0.15, -0.1) is 0 Å². The largest absolute Gasteiger partial charge is 0.471 e. The van der Waals surface area contributed by atoms with Gasteiger partial charge in [0.1, 0.15) is 6.61 Å². The SMILES string of the molecule is ONC(c1ccc(OCc2ccc3ccccc3n2)nc1)C1CCCCC1. The molecule has 0 saturated heterocycles. The molecule has 5 heteroatoms. The summed E-state index contributed by atoms with van der Waals surface area (Å²) in [5.74, 6) is 1.02. The molecule has 0 radical (unpaired) electrons. The van der Waals surface area contributed by atoms with Crippen molar-refractivity contribution in [3.63, 3.8) is 0 Å².